The number of rotatable bonds is 3. The Kier molecular flexibility index (Phi) is 5.51. The minimum Gasteiger partial charge on any atom is -0.456 e. The maximum atomic E-state index is 6.41. The summed E-state index contributed by atoms with van der Waals surface area (Å²) in [5.41, 5.74) is 5.38. The number of nitrogens with zero attached hydrogens (tertiary/aromatic N) is 4. The second-order valence-electron chi connectivity index (χ2n) is 11.9. The molecular formula is C42H24N4O. The lowest BCUT2D eigenvalue weighted by atomic mass is 9.96. The fraction of sp³-hybridized carbons (Fsp3) is 0. The van der Waals surface area contributed by atoms with Crippen molar-refractivity contribution < 1.29 is 4.42 Å². The molecule has 0 radical (unpaired) electrons. The number of hydrogen-bond acceptors (Lipinski definition) is 5. The Bertz CT molecular complexity index is 2860. The third-order valence-corrected chi connectivity index (χ3v) is 9.12. The molecule has 0 amide bonds. The maximum absolute atomic E-state index is 6.41. The second-order valence-corrected chi connectivity index (χ2v) is 11.9. The van der Waals surface area contributed by atoms with Crippen LogP contribution >= 0.6 is 0 Å². The average Bonchev–Trinajstić information content (AvgIpc) is 3.50. The van der Waals surface area contributed by atoms with Gasteiger partial charge in [-0.2, -0.15) is 0 Å². The van der Waals surface area contributed by atoms with E-state index in [4.69, 9.17) is 24.4 Å². The first-order chi connectivity index (χ1) is 23.3. The van der Waals surface area contributed by atoms with Gasteiger partial charge >= 0.3 is 0 Å². The fourth-order valence-corrected chi connectivity index (χ4v) is 6.86. The standard InChI is InChI=1S/C42H24N4O/c1-2-9-25(10-3-1)40-44-41(28-17-20-31-35-21-26-11-4-5-12-27(26)22-38(35)47-37(31)23-28)46-42(45-40)33-15-8-14-32-30(33)19-18-29-24-43-36-16-7-6-13-34(36)39(29)32/h1-24H. The van der Waals surface area contributed by atoms with Crippen LogP contribution in [0.15, 0.2) is 150 Å². The quantitative estimate of drug-likeness (QED) is 0.189. The highest BCUT2D eigenvalue weighted by molar-refractivity contribution is 6.21. The monoisotopic (exact) mass is 600 g/mol. The van der Waals surface area contributed by atoms with E-state index in [2.05, 4.69) is 97.1 Å². The molecular weight excluding hydrogens is 576 g/mol. The molecule has 0 N–H and O–H groups in total. The van der Waals surface area contributed by atoms with Gasteiger partial charge in [0, 0.05) is 49.8 Å². The van der Waals surface area contributed by atoms with Crippen LogP contribution in [0.25, 0.3) is 99.3 Å². The number of para-hydroxylation sites is 1. The highest BCUT2D eigenvalue weighted by Gasteiger charge is 2.17. The molecule has 0 atom stereocenters. The van der Waals surface area contributed by atoms with Gasteiger partial charge in [-0.15, -0.1) is 0 Å². The Labute approximate surface area is 268 Å². The topological polar surface area (TPSA) is 64.7 Å². The number of hydrogen-bond donors (Lipinski definition) is 0. The third kappa shape index (κ3) is 4.10. The number of furan rings is 1. The Morgan fingerprint density at radius 1 is 0.404 bits per heavy atom. The van der Waals surface area contributed by atoms with E-state index in [-0.39, 0.29) is 0 Å². The summed E-state index contributed by atoms with van der Waals surface area (Å²) in [5, 5.41) is 10.1. The molecule has 0 aliphatic rings. The summed E-state index contributed by atoms with van der Waals surface area (Å²) < 4.78 is 6.41. The van der Waals surface area contributed by atoms with E-state index in [1.807, 2.05) is 48.7 Å². The van der Waals surface area contributed by atoms with Crippen LogP contribution in [-0.2, 0) is 0 Å². The Morgan fingerprint density at radius 2 is 1.11 bits per heavy atom. The lowest BCUT2D eigenvalue weighted by Crippen LogP contribution is -2.00. The highest BCUT2D eigenvalue weighted by atomic mass is 16.3. The van der Waals surface area contributed by atoms with Gasteiger partial charge in [0.2, 0.25) is 0 Å². The van der Waals surface area contributed by atoms with Crippen LogP contribution in [0.1, 0.15) is 0 Å². The predicted molar refractivity (Wildman–Crippen MR) is 191 cm³/mol. The summed E-state index contributed by atoms with van der Waals surface area (Å²) >= 11 is 0. The first-order valence-corrected chi connectivity index (χ1v) is 15.6. The molecule has 218 valence electrons. The van der Waals surface area contributed by atoms with Gasteiger partial charge in [-0.3, -0.25) is 4.98 Å². The predicted octanol–water partition coefficient (Wildman–Crippen LogP) is 10.8. The van der Waals surface area contributed by atoms with Crippen LogP contribution in [0.5, 0.6) is 0 Å². The molecule has 0 saturated heterocycles. The number of benzene rings is 7. The molecule has 3 aromatic heterocycles. The van der Waals surface area contributed by atoms with E-state index >= 15 is 0 Å². The Hall–Kier alpha value is -6.46. The molecule has 7 aromatic carbocycles. The first-order valence-electron chi connectivity index (χ1n) is 15.6. The van der Waals surface area contributed by atoms with E-state index in [0.29, 0.717) is 17.5 Å². The van der Waals surface area contributed by atoms with Crippen LogP contribution in [0.4, 0.5) is 0 Å². The van der Waals surface area contributed by atoms with Crippen LogP contribution < -0.4 is 0 Å². The second kappa shape index (κ2) is 10.0. The molecule has 0 aliphatic heterocycles. The van der Waals surface area contributed by atoms with E-state index in [1.165, 1.54) is 10.8 Å². The van der Waals surface area contributed by atoms with Gasteiger partial charge in [0.1, 0.15) is 11.2 Å². The van der Waals surface area contributed by atoms with E-state index in [0.717, 1.165) is 71.1 Å². The maximum Gasteiger partial charge on any atom is 0.164 e. The molecule has 0 aliphatic carbocycles. The summed E-state index contributed by atoms with van der Waals surface area (Å²) in [6.07, 6.45) is 1.95. The lowest BCUT2D eigenvalue weighted by molar-refractivity contribution is 0.669. The zero-order chi connectivity index (χ0) is 30.9. The van der Waals surface area contributed by atoms with Crippen LogP contribution in [0, 0.1) is 0 Å². The molecule has 5 heteroatoms. The minimum atomic E-state index is 0.591. The van der Waals surface area contributed by atoms with E-state index in [1.54, 1.807) is 0 Å². The average molecular weight is 601 g/mol. The zero-order valence-electron chi connectivity index (χ0n) is 25.1. The van der Waals surface area contributed by atoms with Crippen LogP contribution in [0.3, 0.4) is 0 Å². The summed E-state index contributed by atoms with van der Waals surface area (Å²) in [4.78, 5) is 19.9. The van der Waals surface area contributed by atoms with Crippen molar-refractivity contribution in [2.45, 2.75) is 0 Å². The van der Waals surface area contributed by atoms with Crippen molar-refractivity contribution in [1.82, 2.24) is 19.9 Å². The third-order valence-electron chi connectivity index (χ3n) is 9.12. The van der Waals surface area contributed by atoms with E-state index in [9.17, 15) is 0 Å². The smallest absolute Gasteiger partial charge is 0.164 e. The van der Waals surface area contributed by atoms with Gasteiger partial charge < -0.3 is 4.42 Å². The van der Waals surface area contributed by atoms with Crippen LogP contribution in [0.2, 0.25) is 0 Å². The molecule has 10 aromatic rings. The Balaban J connectivity index is 1.20. The van der Waals surface area contributed by atoms with Gasteiger partial charge in [-0.1, -0.05) is 109 Å². The molecule has 5 nitrogen and oxygen atoms in total. The first kappa shape index (κ1) is 25.8. The number of aromatic nitrogens is 4. The summed E-state index contributed by atoms with van der Waals surface area (Å²) in [6, 6.07) is 47.9. The summed E-state index contributed by atoms with van der Waals surface area (Å²) in [5.74, 6) is 1.83. The van der Waals surface area contributed by atoms with Crippen LogP contribution in [-0.4, -0.2) is 19.9 Å². The van der Waals surface area contributed by atoms with Gasteiger partial charge in [0.25, 0.3) is 0 Å². The van der Waals surface area contributed by atoms with Crippen molar-refractivity contribution in [1.29, 1.82) is 0 Å². The van der Waals surface area contributed by atoms with Gasteiger partial charge in [0.05, 0.1) is 5.52 Å². The van der Waals surface area contributed by atoms with Crippen molar-refractivity contribution >= 4 is 65.2 Å². The Morgan fingerprint density at radius 3 is 2.00 bits per heavy atom. The number of fused-ring (bicyclic) bond motifs is 9. The molecule has 47 heavy (non-hydrogen) atoms. The van der Waals surface area contributed by atoms with Crippen molar-refractivity contribution in [3.8, 4) is 34.2 Å². The molecule has 0 unspecified atom stereocenters. The molecule has 0 saturated carbocycles. The molecule has 3 heterocycles. The van der Waals surface area contributed by atoms with Crippen molar-refractivity contribution in [2.24, 2.45) is 0 Å². The molecule has 10 rings (SSSR count). The SMILES string of the molecule is c1ccc(-c2nc(-c3ccc4c(c3)oc3cc5ccccc5cc34)nc(-c3cccc4c3ccc3cnc5ccccc5c34)n2)cc1. The highest BCUT2D eigenvalue weighted by Crippen LogP contribution is 2.37. The largest absolute Gasteiger partial charge is 0.456 e. The minimum absolute atomic E-state index is 0.591. The number of pyridine rings is 1. The van der Waals surface area contributed by atoms with Crippen molar-refractivity contribution in [3.63, 3.8) is 0 Å². The van der Waals surface area contributed by atoms with Crippen molar-refractivity contribution in [2.75, 3.05) is 0 Å². The summed E-state index contributed by atoms with van der Waals surface area (Å²) in [6.45, 7) is 0. The normalized spacial score (nSPS) is 11.8. The fourth-order valence-electron chi connectivity index (χ4n) is 6.86. The van der Waals surface area contributed by atoms with Crippen molar-refractivity contribution in [3.05, 3.63) is 146 Å². The van der Waals surface area contributed by atoms with Gasteiger partial charge in [-0.25, -0.2) is 15.0 Å². The molecule has 0 fully saturated rings. The zero-order valence-corrected chi connectivity index (χ0v) is 25.1. The molecule has 0 bridgehead atoms. The molecule has 0 spiro atoms. The summed E-state index contributed by atoms with van der Waals surface area (Å²) in [7, 11) is 0. The lowest BCUT2D eigenvalue weighted by Gasteiger charge is -2.12. The van der Waals surface area contributed by atoms with E-state index < -0.39 is 0 Å². The van der Waals surface area contributed by atoms with Gasteiger partial charge in [0.15, 0.2) is 17.5 Å². The van der Waals surface area contributed by atoms with Gasteiger partial charge in [-0.05, 0) is 51.9 Å².